The lowest BCUT2D eigenvalue weighted by atomic mass is 10.1. The highest BCUT2D eigenvalue weighted by Gasteiger charge is 2.11. The first kappa shape index (κ1) is 19.4. The Balaban J connectivity index is 1.56. The Labute approximate surface area is 152 Å². The van der Waals surface area contributed by atoms with Gasteiger partial charge >= 0.3 is 6.16 Å². The molecule has 0 N–H and O–H groups in total. The van der Waals surface area contributed by atoms with Crippen LogP contribution in [0.25, 0.3) is 0 Å². The van der Waals surface area contributed by atoms with Gasteiger partial charge in [-0.15, -0.1) is 0 Å². The number of rotatable bonds is 10. The normalized spacial score (nSPS) is 10.2. The van der Waals surface area contributed by atoms with Crippen molar-refractivity contribution in [3.8, 4) is 0 Å². The van der Waals surface area contributed by atoms with Crippen LogP contribution >= 0.6 is 0 Å². The molecule has 5 heteroatoms. The number of Topliss-reactive ketones (excluding diaryl/α,β-unsaturated/α-hetero) is 2. The maximum absolute atomic E-state index is 11.7. The second kappa shape index (κ2) is 10.8. The fraction of sp³-hybridized carbons (Fsp3) is 0.286. The standard InChI is InChI=1S/C21H22O5/c22-19(13-11-17-7-3-1-4-8-17)15-25-21(24)26-16-20(23)14-12-18-9-5-2-6-10-18/h1-10H,11-16H2. The van der Waals surface area contributed by atoms with Crippen molar-refractivity contribution in [2.45, 2.75) is 25.7 Å². The highest BCUT2D eigenvalue weighted by atomic mass is 16.7. The Morgan fingerprint density at radius 1 is 0.615 bits per heavy atom. The van der Waals surface area contributed by atoms with Crippen molar-refractivity contribution >= 4 is 17.7 Å². The smallest absolute Gasteiger partial charge is 0.426 e. The number of hydrogen-bond donors (Lipinski definition) is 0. The SMILES string of the molecule is O=C(CCc1ccccc1)COC(=O)OCC(=O)CCc1ccccc1. The van der Waals surface area contributed by atoms with E-state index in [1.54, 1.807) is 0 Å². The zero-order valence-corrected chi connectivity index (χ0v) is 14.6. The van der Waals surface area contributed by atoms with E-state index in [-0.39, 0.29) is 37.6 Å². The lowest BCUT2D eigenvalue weighted by Gasteiger charge is -2.06. The van der Waals surface area contributed by atoms with Crippen LogP contribution in [0.2, 0.25) is 0 Å². The number of ether oxygens (including phenoxy) is 2. The van der Waals surface area contributed by atoms with Crippen LogP contribution in [0.5, 0.6) is 0 Å². The molecule has 0 aliphatic heterocycles. The van der Waals surface area contributed by atoms with Crippen LogP contribution in [0.1, 0.15) is 24.0 Å². The molecule has 0 saturated carbocycles. The molecule has 0 aromatic heterocycles. The summed E-state index contributed by atoms with van der Waals surface area (Å²) in [5, 5.41) is 0. The highest BCUT2D eigenvalue weighted by molar-refractivity contribution is 5.83. The van der Waals surface area contributed by atoms with Crippen LogP contribution in [-0.4, -0.2) is 30.9 Å². The zero-order chi connectivity index (χ0) is 18.6. The molecule has 136 valence electrons. The number of benzene rings is 2. The fourth-order valence-corrected chi connectivity index (χ4v) is 2.32. The van der Waals surface area contributed by atoms with E-state index in [9.17, 15) is 14.4 Å². The summed E-state index contributed by atoms with van der Waals surface area (Å²) in [6.07, 6.45) is 0.762. The summed E-state index contributed by atoms with van der Waals surface area (Å²) in [6, 6.07) is 19.2. The van der Waals surface area contributed by atoms with E-state index >= 15 is 0 Å². The number of carbonyl (C=O) groups is 3. The summed E-state index contributed by atoms with van der Waals surface area (Å²) in [4.78, 5) is 34.9. The predicted molar refractivity (Wildman–Crippen MR) is 96.8 cm³/mol. The molecule has 0 radical (unpaired) electrons. The molecule has 0 amide bonds. The predicted octanol–water partition coefficient (Wildman–Crippen LogP) is 3.54. The van der Waals surface area contributed by atoms with Crippen LogP contribution in [0.15, 0.2) is 60.7 Å². The monoisotopic (exact) mass is 354 g/mol. The molecule has 5 nitrogen and oxygen atoms in total. The van der Waals surface area contributed by atoms with Gasteiger partial charge in [0.15, 0.2) is 24.8 Å². The van der Waals surface area contributed by atoms with Gasteiger partial charge in [-0.05, 0) is 24.0 Å². The molecule has 26 heavy (non-hydrogen) atoms. The summed E-state index contributed by atoms with van der Waals surface area (Å²) in [6.45, 7) is -0.687. The van der Waals surface area contributed by atoms with Gasteiger partial charge in [-0.25, -0.2) is 4.79 Å². The van der Waals surface area contributed by atoms with Crippen molar-refractivity contribution in [1.82, 2.24) is 0 Å². The summed E-state index contributed by atoms with van der Waals surface area (Å²) in [5.74, 6) is -0.387. The average Bonchev–Trinajstić information content (AvgIpc) is 2.69. The number of hydrogen-bond acceptors (Lipinski definition) is 5. The minimum atomic E-state index is -0.994. The Bertz CT molecular complexity index is 648. The Kier molecular flexibility index (Phi) is 8.06. The van der Waals surface area contributed by atoms with Gasteiger partial charge in [0.2, 0.25) is 0 Å². The molecule has 0 heterocycles. The van der Waals surface area contributed by atoms with E-state index in [0.29, 0.717) is 12.8 Å². The minimum Gasteiger partial charge on any atom is -0.426 e. The van der Waals surface area contributed by atoms with Gasteiger partial charge in [0.1, 0.15) is 0 Å². The maximum atomic E-state index is 11.7. The first-order valence-corrected chi connectivity index (χ1v) is 8.54. The van der Waals surface area contributed by atoms with Gasteiger partial charge in [0.25, 0.3) is 0 Å². The lowest BCUT2D eigenvalue weighted by Crippen LogP contribution is -2.19. The Morgan fingerprint density at radius 3 is 1.38 bits per heavy atom. The maximum Gasteiger partial charge on any atom is 0.509 e. The van der Waals surface area contributed by atoms with Gasteiger partial charge in [-0.2, -0.15) is 0 Å². The molecular formula is C21H22O5. The van der Waals surface area contributed by atoms with Gasteiger partial charge in [0, 0.05) is 12.8 Å². The number of ketones is 2. The van der Waals surface area contributed by atoms with E-state index in [1.165, 1.54) is 0 Å². The van der Waals surface area contributed by atoms with Crippen LogP contribution in [0.4, 0.5) is 4.79 Å². The third kappa shape index (κ3) is 7.75. The van der Waals surface area contributed by atoms with E-state index in [0.717, 1.165) is 11.1 Å². The summed E-state index contributed by atoms with van der Waals surface area (Å²) in [5.41, 5.74) is 2.10. The molecular weight excluding hydrogens is 332 g/mol. The van der Waals surface area contributed by atoms with Crippen molar-refractivity contribution < 1.29 is 23.9 Å². The molecule has 0 unspecified atom stereocenters. The van der Waals surface area contributed by atoms with Gasteiger partial charge in [-0.3, -0.25) is 9.59 Å². The summed E-state index contributed by atoms with van der Waals surface area (Å²) in [7, 11) is 0. The minimum absolute atomic E-state index is 0.193. The fourth-order valence-electron chi connectivity index (χ4n) is 2.32. The van der Waals surface area contributed by atoms with Crippen molar-refractivity contribution in [1.29, 1.82) is 0 Å². The van der Waals surface area contributed by atoms with E-state index in [1.807, 2.05) is 60.7 Å². The molecule has 0 spiro atoms. The van der Waals surface area contributed by atoms with Crippen molar-refractivity contribution in [3.63, 3.8) is 0 Å². The third-order valence-electron chi connectivity index (χ3n) is 3.77. The van der Waals surface area contributed by atoms with Crippen LogP contribution in [-0.2, 0) is 31.9 Å². The summed E-state index contributed by atoms with van der Waals surface area (Å²) >= 11 is 0. The molecule has 2 aromatic rings. The van der Waals surface area contributed by atoms with E-state index in [4.69, 9.17) is 9.47 Å². The molecule has 0 saturated heterocycles. The quantitative estimate of drug-likeness (QED) is 0.610. The largest absolute Gasteiger partial charge is 0.509 e. The lowest BCUT2D eigenvalue weighted by molar-refractivity contribution is -0.124. The van der Waals surface area contributed by atoms with Gasteiger partial charge in [0.05, 0.1) is 0 Å². The van der Waals surface area contributed by atoms with E-state index < -0.39 is 6.16 Å². The average molecular weight is 354 g/mol. The number of carbonyl (C=O) groups excluding carboxylic acids is 3. The van der Waals surface area contributed by atoms with Gasteiger partial charge < -0.3 is 9.47 Å². The van der Waals surface area contributed by atoms with Gasteiger partial charge in [-0.1, -0.05) is 60.7 Å². The molecule has 2 rings (SSSR count). The van der Waals surface area contributed by atoms with Crippen LogP contribution in [0.3, 0.4) is 0 Å². The molecule has 0 fully saturated rings. The molecule has 0 aliphatic carbocycles. The second-order valence-electron chi connectivity index (χ2n) is 5.88. The van der Waals surface area contributed by atoms with E-state index in [2.05, 4.69) is 0 Å². The molecule has 2 aromatic carbocycles. The van der Waals surface area contributed by atoms with Crippen LogP contribution < -0.4 is 0 Å². The van der Waals surface area contributed by atoms with Crippen molar-refractivity contribution in [2.75, 3.05) is 13.2 Å². The third-order valence-corrected chi connectivity index (χ3v) is 3.77. The Hall–Kier alpha value is -2.95. The highest BCUT2D eigenvalue weighted by Crippen LogP contribution is 2.04. The molecule has 0 atom stereocenters. The number of aryl methyl sites for hydroxylation is 2. The Morgan fingerprint density at radius 2 is 1.00 bits per heavy atom. The first-order chi connectivity index (χ1) is 12.6. The zero-order valence-electron chi connectivity index (χ0n) is 14.6. The molecule has 0 bridgehead atoms. The van der Waals surface area contributed by atoms with Crippen LogP contribution in [0, 0.1) is 0 Å². The molecule has 0 aliphatic rings. The topological polar surface area (TPSA) is 69.7 Å². The first-order valence-electron chi connectivity index (χ1n) is 8.54. The second-order valence-corrected chi connectivity index (χ2v) is 5.88. The summed E-state index contributed by atoms with van der Waals surface area (Å²) < 4.78 is 9.49. The van der Waals surface area contributed by atoms with Crippen molar-refractivity contribution in [2.24, 2.45) is 0 Å². The van der Waals surface area contributed by atoms with Crippen molar-refractivity contribution in [3.05, 3.63) is 71.8 Å².